The van der Waals surface area contributed by atoms with Crippen molar-refractivity contribution in [3.05, 3.63) is 144 Å². The monoisotopic (exact) mass is 852 g/mol. The van der Waals surface area contributed by atoms with Crippen molar-refractivity contribution in [3.8, 4) is 0 Å². The lowest BCUT2D eigenvalue weighted by molar-refractivity contribution is 0.0208. The summed E-state index contributed by atoms with van der Waals surface area (Å²) in [5.74, 6) is 0. The van der Waals surface area contributed by atoms with E-state index in [2.05, 4.69) is 69.8 Å². The predicted octanol–water partition coefficient (Wildman–Crippen LogP) is 9.53. The van der Waals surface area contributed by atoms with Crippen LogP contribution in [0, 0.1) is 0 Å². The fourth-order valence-corrected chi connectivity index (χ4v) is 6.89. The maximum Gasteiger partial charge on any atom is 0.410 e. The highest BCUT2D eigenvalue weighted by Crippen LogP contribution is 2.23. The first kappa shape index (κ1) is 47.5. The Kier molecular flexibility index (Phi) is 19.1. The molecule has 0 aliphatic rings. The molecule has 0 bridgehead atoms. The number of thiocarbonyl (C=S) groups is 2. The summed E-state index contributed by atoms with van der Waals surface area (Å²) >= 11 is 11.4. The zero-order valence-corrected chi connectivity index (χ0v) is 37.7. The number of benzene rings is 4. The van der Waals surface area contributed by atoms with Crippen LogP contribution in [0.3, 0.4) is 0 Å². The molecular formula is C48H64N6O4S2. The molecule has 0 aromatic heterocycles. The summed E-state index contributed by atoms with van der Waals surface area (Å²) in [6.07, 6.45) is 1.94. The Bertz CT molecular complexity index is 1670. The Morgan fingerprint density at radius 3 is 1.02 bits per heavy atom. The van der Waals surface area contributed by atoms with Crippen LogP contribution in [0.1, 0.15) is 102 Å². The zero-order chi connectivity index (χ0) is 43.4. The molecule has 60 heavy (non-hydrogen) atoms. The van der Waals surface area contributed by atoms with Gasteiger partial charge in [0.15, 0.2) is 10.2 Å². The Labute approximate surface area is 368 Å². The lowest BCUT2D eigenvalue weighted by Crippen LogP contribution is -2.42. The number of nitrogens with one attached hydrogen (secondary N) is 4. The van der Waals surface area contributed by atoms with Crippen LogP contribution in [0.5, 0.6) is 0 Å². The number of rotatable bonds is 19. The largest absolute Gasteiger partial charge is 0.444 e. The Morgan fingerprint density at radius 2 is 0.750 bits per heavy atom. The summed E-state index contributed by atoms with van der Waals surface area (Å²) in [6, 6.07) is 40.6. The van der Waals surface area contributed by atoms with Gasteiger partial charge < -0.3 is 40.5 Å². The van der Waals surface area contributed by atoms with E-state index in [4.69, 9.17) is 33.9 Å². The summed E-state index contributed by atoms with van der Waals surface area (Å²) in [6.45, 7) is 14.3. The van der Waals surface area contributed by atoms with Gasteiger partial charge in [-0.3, -0.25) is 0 Å². The maximum atomic E-state index is 13.3. The van der Waals surface area contributed by atoms with Gasteiger partial charge in [0.2, 0.25) is 0 Å². The SMILES string of the molecule is CC(C)(C)OC(=O)N(CCCCN(CCCNC(=S)NC(c1ccccc1)c1ccccc1)C(=O)OC(C)(C)C)CCCNC(=S)NC(c1ccccc1)c1ccccc1. The average molecular weight is 853 g/mol. The Balaban J connectivity index is 1.27. The molecule has 0 aliphatic carbocycles. The second-order valence-electron chi connectivity index (χ2n) is 16.7. The van der Waals surface area contributed by atoms with Crippen LogP contribution in [-0.4, -0.2) is 82.7 Å². The topological polar surface area (TPSA) is 107 Å². The third-order valence-corrected chi connectivity index (χ3v) is 9.80. The minimum absolute atomic E-state index is 0.103. The van der Waals surface area contributed by atoms with Crippen molar-refractivity contribution in [1.29, 1.82) is 0 Å². The molecule has 4 aromatic carbocycles. The summed E-state index contributed by atoms with van der Waals surface area (Å²) in [7, 11) is 0. The number of ether oxygens (including phenoxy) is 2. The van der Waals surface area contributed by atoms with Gasteiger partial charge in [-0.1, -0.05) is 121 Å². The molecule has 0 atom stereocenters. The number of carbonyl (C=O) groups excluding carboxylic acids is 2. The summed E-state index contributed by atoms with van der Waals surface area (Å²) in [5.41, 5.74) is 3.18. The van der Waals surface area contributed by atoms with E-state index >= 15 is 0 Å². The Morgan fingerprint density at radius 1 is 0.483 bits per heavy atom. The smallest absolute Gasteiger partial charge is 0.410 e. The third-order valence-electron chi connectivity index (χ3n) is 9.27. The second-order valence-corrected chi connectivity index (χ2v) is 17.5. The first-order chi connectivity index (χ1) is 28.7. The van der Waals surface area contributed by atoms with Crippen LogP contribution in [0.4, 0.5) is 9.59 Å². The fraction of sp³-hybridized carbons (Fsp3) is 0.417. The second kappa shape index (κ2) is 24.2. The van der Waals surface area contributed by atoms with Gasteiger partial charge in [0.05, 0.1) is 12.1 Å². The summed E-state index contributed by atoms with van der Waals surface area (Å²) in [5, 5.41) is 14.7. The van der Waals surface area contributed by atoms with Gasteiger partial charge in [-0.2, -0.15) is 0 Å². The molecule has 0 unspecified atom stereocenters. The van der Waals surface area contributed by atoms with E-state index in [1.54, 1.807) is 9.80 Å². The lowest BCUT2D eigenvalue weighted by atomic mass is 9.99. The highest BCUT2D eigenvalue weighted by atomic mass is 32.1. The lowest BCUT2D eigenvalue weighted by Gasteiger charge is -2.29. The molecule has 0 aliphatic heterocycles. The molecule has 0 heterocycles. The molecule has 322 valence electrons. The number of unbranched alkanes of at least 4 members (excludes halogenated alkanes) is 1. The first-order valence-electron chi connectivity index (χ1n) is 20.9. The van der Waals surface area contributed by atoms with Gasteiger partial charge in [-0.15, -0.1) is 0 Å². The molecule has 0 radical (unpaired) electrons. The zero-order valence-electron chi connectivity index (χ0n) is 36.1. The van der Waals surface area contributed by atoms with Gasteiger partial charge >= 0.3 is 12.2 Å². The van der Waals surface area contributed by atoms with Gasteiger partial charge in [0, 0.05) is 39.3 Å². The number of nitrogens with zero attached hydrogens (tertiary/aromatic N) is 2. The van der Waals surface area contributed by atoms with Crippen molar-refractivity contribution in [2.75, 3.05) is 39.3 Å². The first-order valence-corrected chi connectivity index (χ1v) is 21.7. The number of amides is 2. The van der Waals surface area contributed by atoms with E-state index in [1.165, 1.54) is 0 Å². The van der Waals surface area contributed by atoms with Gasteiger partial charge in [0.1, 0.15) is 11.2 Å². The number of hydrogen-bond acceptors (Lipinski definition) is 6. The van der Waals surface area contributed by atoms with Gasteiger partial charge in [-0.05, 0) is 114 Å². The van der Waals surface area contributed by atoms with E-state index in [-0.39, 0.29) is 24.3 Å². The number of carbonyl (C=O) groups is 2. The number of hydrogen-bond donors (Lipinski definition) is 4. The van der Waals surface area contributed by atoms with Crippen molar-refractivity contribution in [1.82, 2.24) is 31.1 Å². The molecule has 12 heteroatoms. The molecule has 10 nitrogen and oxygen atoms in total. The minimum Gasteiger partial charge on any atom is -0.444 e. The van der Waals surface area contributed by atoms with E-state index in [0.29, 0.717) is 75.2 Å². The standard InChI is InChI=1S/C48H64N6O4S2/c1-47(2,3)57-45(55)53(35-21-31-49-43(59)51-41(37-23-11-7-12-24-37)38-25-13-8-14-26-38)33-19-20-34-54(46(56)58-48(4,5)6)36-22-32-50-44(60)52-42(39-27-15-9-16-28-39)40-29-17-10-18-30-40/h7-18,23-30,41-42H,19-22,31-36H2,1-6H3,(H2,49,51,59)(H2,50,52,60). The van der Waals surface area contributed by atoms with Crippen LogP contribution in [-0.2, 0) is 9.47 Å². The van der Waals surface area contributed by atoms with Crippen LogP contribution in [0.15, 0.2) is 121 Å². The molecule has 0 fully saturated rings. The molecule has 4 N–H and O–H groups in total. The molecular weight excluding hydrogens is 789 g/mol. The van der Waals surface area contributed by atoms with Gasteiger partial charge in [0.25, 0.3) is 0 Å². The van der Waals surface area contributed by atoms with Gasteiger partial charge in [-0.25, -0.2) is 9.59 Å². The average Bonchev–Trinajstić information content (AvgIpc) is 3.22. The van der Waals surface area contributed by atoms with Crippen molar-refractivity contribution < 1.29 is 19.1 Å². The predicted molar refractivity (Wildman–Crippen MR) is 251 cm³/mol. The Hall–Kier alpha value is -5.20. The molecule has 0 saturated carbocycles. The molecule has 2 amide bonds. The fourth-order valence-electron chi connectivity index (χ4n) is 6.46. The van der Waals surface area contributed by atoms with E-state index in [0.717, 1.165) is 22.3 Å². The molecule has 4 rings (SSSR count). The quantitative estimate of drug-likeness (QED) is 0.0539. The maximum absolute atomic E-state index is 13.3. The van der Waals surface area contributed by atoms with Crippen molar-refractivity contribution in [2.45, 2.75) is 90.5 Å². The molecule has 0 spiro atoms. The normalized spacial score (nSPS) is 11.4. The highest BCUT2D eigenvalue weighted by molar-refractivity contribution is 7.80. The molecule has 4 aromatic rings. The third kappa shape index (κ3) is 17.6. The highest BCUT2D eigenvalue weighted by Gasteiger charge is 2.24. The van der Waals surface area contributed by atoms with Crippen LogP contribution >= 0.6 is 24.4 Å². The van der Waals surface area contributed by atoms with E-state index in [9.17, 15) is 9.59 Å². The minimum atomic E-state index is -0.633. The summed E-state index contributed by atoms with van der Waals surface area (Å²) < 4.78 is 11.6. The van der Waals surface area contributed by atoms with Crippen molar-refractivity contribution in [2.24, 2.45) is 0 Å². The summed E-state index contributed by atoms with van der Waals surface area (Å²) in [4.78, 5) is 30.2. The van der Waals surface area contributed by atoms with Crippen molar-refractivity contribution >= 4 is 46.8 Å². The van der Waals surface area contributed by atoms with E-state index < -0.39 is 11.2 Å². The van der Waals surface area contributed by atoms with Crippen LogP contribution in [0.25, 0.3) is 0 Å². The van der Waals surface area contributed by atoms with Crippen LogP contribution in [0.2, 0.25) is 0 Å². The van der Waals surface area contributed by atoms with E-state index in [1.807, 2.05) is 114 Å². The van der Waals surface area contributed by atoms with Crippen LogP contribution < -0.4 is 21.3 Å². The van der Waals surface area contributed by atoms with Crippen molar-refractivity contribution in [3.63, 3.8) is 0 Å². The molecule has 0 saturated heterocycles.